The van der Waals surface area contributed by atoms with Gasteiger partial charge in [0, 0.05) is 62.0 Å². The maximum Gasteiger partial charge on any atom is 0.223 e. The van der Waals surface area contributed by atoms with Crippen molar-refractivity contribution in [2.24, 2.45) is 5.92 Å². The average Bonchev–Trinajstić information content (AvgIpc) is 2.99. The number of carbonyl (C=O) groups excluding carboxylic acids is 1. The molecule has 0 unspecified atom stereocenters. The minimum atomic E-state index is 0.0318. The summed E-state index contributed by atoms with van der Waals surface area (Å²) >= 11 is 0. The fraction of sp³-hybridized carbons (Fsp3) is 0.545. The van der Waals surface area contributed by atoms with Gasteiger partial charge in [-0.1, -0.05) is 0 Å². The van der Waals surface area contributed by atoms with Crippen LogP contribution in [0.2, 0.25) is 0 Å². The number of pyridine rings is 1. The Morgan fingerprint density at radius 2 is 2.03 bits per heavy atom. The van der Waals surface area contributed by atoms with Gasteiger partial charge < -0.3 is 19.4 Å². The molecule has 0 radical (unpaired) electrons. The molecule has 0 aliphatic carbocycles. The third-order valence-electron chi connectivity index (χ3n) is 6.51. The summed E-state index contributed by atoms with van der Waals surface area (Å²) in [6, 6.07) is 3.96. The van der Waals surface area contributed by atoms with Gasteiger partial charge in [0.15, 0.2) is 0 Å². The molecule has 2 aromatic heterocycles. The number of aryl methyl sites for hydroxylation is 1. The Labute approximate surface area is 176 Å². The quantitative estimate of drug-likeness (QED) is 0.752. The lowest BCUT2D eigenvalue weighted by atomic mass is 9.94. The molecular formula is C22H28N6O2. The Morgan fingerprint density at radius 3 is 2.73 bits per heavy atom. The summed E-state index contributed by atoms with van der Waals surface area (Å²) in [4.78, 5) is 33.2. The zero-order valence-corrected chi connectivity index (χ0v) is 17.8. The molecule has 0 N–H and O–H groups in total. The van der Waals surface area contributed by atoms with E-state index < -0.39 is 0 Å². The van der Waals surface area contributed by atoms with E-state index in [0.717, 1.165) is 54.8 Å². The minimum Gasteiger partial charge on any atom is -0.481 e. The topological polar surface area (TPSA) is 74.7 Å². The Morgan fingerprint density at radius 1 is 1.23 bits per heavy atom. The molecule has 8 heteroatoms. The van der Waals surface area contributed by atoms with Crippen LogP contribution in [0.1, 0.15) is 42.9 Å². The van der Waals surface area contributed by atoms with Crippen molar-refractivity contribution in [1.29, 1.82) is 0 Å². The average molecular weight is 409 g/mol. The standard InChI is InChI=1S/C22H28N6O2/c1-14-21-18(24-15(2)25-22(21)26-7-4-8-26)13-28(14)20(29)9-16-11-27(12-16)17-5-6-23-19(10-17)30-3/h5-6,10,14,16H,4,7-9,11-13H2,1-3H3/t14-/m1/s1. The summed E-state index contributed by atoms with van der Waals surface area (Å²) in [7, 11) is 1.62. The van der Waals surface area contributed by atoms with Gasteiger partial charge >= 0.3 is 0 Å². The largest absolute Gasteiger partial charge is 0.481 e. The van der Waals surface area contributed by atoms with E-state index in [0.29, 0.717) is 24.8 Å². The van der Waals surface area contributed by atoms with Crippen molar-refractivity contribution in [1.82, 2.24) is 19.9 Å². The van der Waals surface area contributed by atoms with Gasteiger partial charge in [0.05, 0.1) is 25.4 Å². The van der Waals surface area contributed by atoms with Gasteiger partial charge in [-0.05, 0) is 26.3 Å². The summed E-state index contributed by atoms with van der Waals surface area (Å²) in [6.07, 6.45) is 3.54. The van der Waals surface area contributed by atoms with E-state index in [1.807, 2.05) is 24.0 Å². The number of hydrogen-bond donors (Lipinski definition) is 0. The molecule has 3 aliphatic rings. The third kappa shape index (κ3) is 3.24. The zero-order valence-electron chi connectivity index (χ0n) is 17.8. The van der Waals surface area contributed by atoms with Gasteiger partial charge in [0.25, 0.3) is 0 Å². The van der Waals surface area contributed by atoms with Gasteiger partial charge in [-0.15, -0.1) is 0 Å². The minimum absolute atomic E-state index is 0.0318. The van der Waals surface area contributed by atoms with Gasteiger partial charge in [0.2, 0.25) is 11.8 Å². The lowest BCUT2D eigenvalue weighted by molar-refractivity contribution is -0.134. The predicted molar refractivity (Wildman–Crippen MR) is 114 cm³/mol. The Bertz CT molecular complexity index is 970. The highest BCUT2D eigenvalue weighted by Crippen LogP contribution is 2.40. The lowest BCUT2D eigenvalue weighted by Crippen LogP contribution is -2.48. The highest BCUT2D eigenvalue weighted by molar-refractivity contribution is 5.79. The van der Waals surface area contributed by atoms with E-state index in [1.54, 1.807) is 13.3 Å². The Balaban J connectivity index is 1.23. The smallest absolute Gasteiger partial charge is 0.223 e. The number of aromatic nitrogens is 3. The van der Waals surface area contributed by atoms with Crippen molar-refractivity contribution in [3.8, 4) is 5.88 Å². The highest BCUT2D eigenvalue weighted by atomic mass is 16.5. The van der Waals surface area contributed by atoms with E-state index in [-0.39, 0.29) is 11.9 Å². The number of hydrogen-bond acceptors (Lipinski definition) is 7. The molecule has 0 bridgehead atoms. The molecule has 158 valence electrons. The maximum atomic E-state index is 13.1. The van der Waals surface area contributed by atoms with Crippen LogP contribution in [0.4, 0.5) is 11.5 Å². The fourth-order valence-corrected chi connectivity index (χ4v) is 4.68. The van der Waals surface area contributed by atoms with Crippen LogP contribution in [0.15, 0.2) is 18.3 Å². The Hall–Kier alpha value is -2.90. The number of amides is 1. The molecule has 1 amide bonds. The van der Waals surface area contributed by atoms with Crippen LogP contribution in [0, 0.1) is 12.8 Å². The van der Waals surface area contributed by atoms with E-state index in [9.17, 15) is 4.79 Å². The number of rotatable bonds is 5. The second-order valence-corrected chi connectivity index (χ2v) is 8.52. The third-order valence-corrected chi connectivity index (χ3v) is 6.51. The first-order valence-electron chi connectivity index (χ1n) is 10.7. The molecule has 0 spiro atoms. The molecule has 2 fully saturated rings. The highest BCUT2D eigenvalue weighted by Gasteiger charge is 2.38. The Kier molecular flexibility index (Phi) is 4.72. The lowest BCUT2D eigenvalue weighted by Gasteiger charge is -2.41. The number of anilines is 2. The summed E-state index contributed by atoms with van der Waals surface area (Å²) in [5, 5.41) is 0. The molecule has 1 atom stereocenters. The van der Waals surface area contributed by atoms with Crippen molar-refractivity contribution in [3.63, 3.8) is 0 Å². The second-order valence-electron chi connectivity index (χ2n) is 8.52. The number of nitrogens with zero attached hydrogens (tertiary/aromatic N) is 6. The van der Waals surface area contributed by atoms with Crippen LogP contribution in [-0.4, -0.2) is 59.0 Å². The van der Waals surface area contributed by atoms with E-state index >= 15 is 0 Å². The van der Waals surface area contributed by atoms with Crippen molar-refractivity contribution < 1.29 is 9.53 Å². The molecule has 30 heavy (non-hydrogen) atoms. The molecule has 5 rings (SSSR count). The number of methoxy groups -OCH3 is 1. The second kappa shape index (κ2) is 7.41. The van der Waals surface area contributed by atoms with Crippen molar-refractivity contribution >= 4 is 17.4 Å². The summed E-state index contributed by atoms with van der Waals surface area (Å²) in [5.41, 5.74) is 3.26. The first-order chi connectivity index (χ1) is 14.5. The van der Waals surface area contributed by atoms with Gasteiger partial charge in [-0.2, -0.15) is 0 Å². The van der Waals surface area contributed by atoms with Crippen LogP contribution in [0.25, 0.3) is 0 Å². The number of carbonyl (C=O) groups is 1. The van der Waals surface area contributed by atoms with Crippen molar-refractivity contribution in [2.45, 2.75) is 39.3 Å². The molecule has 8 nitrogen and oxygen atoms in total. The molecular weight excluding hydrogens is 380 g/mol. The van der Waals surface area contributed by atoms with Gasteiger partial charge in [0.1, 0.15) is 11.6 Å². The molecule has 0 aromatic carbocycles. The van der Waals surface area contributed by atoms with E-state index in [1.165, 1.54) is 6.42 Å². The predicted octanol–water partition coefficient (Wildman–Crippen LogP) is 2.33. The van der Waals surface area contributed by atoms with Crippen LogP contribution < -0.4 is 14.5 Å². The van der Waals surface area contributed by atoms with Crippen LogP contribution in [0.5, 0.6) is 5.88 Å². The van der Waals surface area contributed by atoms with E-state index in [2.05, 4.69) is 26.7 Å². The maximum absolute atomic E-state index is 13.1. The summed E-state index contributed by atoms with van der Waals surface area (Å²) in [6.45, 7) is 8.50. The number of fused-ring (bicyclic) bond motifs is 1. The monoisotopic (exact) mass is 408 g/mol. The normalized spacial score (nSPS) is 20.6. The van der Waals surface area contributed by atoms with Crippen LogP contribution >= 0.6 is 0 Å². The van der Waals surface area contributed by atoms with E-state index in [4.69, 9.17) is 9.72 Å². The van der Waals surface area contributed by atoms with Crippen molar-refractivity contribution in [2.75, 3.05) is 43.1 Å². The van der Waals surface area contributed by atoms with Crippen LogP contribution in [0.3, 0.4) is 0 Å². The van der Waals surface area contributed by atoms with Crippen molar-refractivity contribution in [3.05, 3.63) is 35.4 Å². The van der Waals surface area contributed by atoms with Gasteiger partial charge in [-0.25, -0.2) is 15.0 Å². The van der Waals surface area contributed by atoms with Crippen LogP contribution in [-0.2, 0) is 11.3 Å². The zero-order chi connectivity index (χ0) is 20.8. The molecule has 3 aliphatic heterocycles. The molecule has 0 saturated carbocycles. The molecule has 5 heterocycles. The van der Waals surface area contributed by atoms with Gasteiger partial charge in [-0.3, -0.25) is 4.79 Å². The first-order valence-corrected chi connectivity index (χ1v) is 10.7. The fourth-order valence-electron chi connectivity index (χ4n) is 4.68. The summed E-state index contributed by atoms with van der Waals surface area (Å²) < 4.78 is 5.21. The number of ether oxygens (including phenoxy) is 1. The molecule has 2 saturated heterocycles. The molecule has 2 aromatic rings. The SMILES string of the molecule is COc1cc(N2CC(CC(=O)N3Cc4nc(C)nc(N5CCC5)c4[C@H]3C)C2)ccn1. The first kappa shape index (κ1) is 19.1. The summed E-state index contributed by atoms with van der Waals surface area (Å²) in [5.74, 6) is 3.03.